The first-order valence-corrected chi connectivity index (χ1v) is 7.85. The first-order valence-electron chi connectivity index (χ1n) is 5.49. The Morgan fingerprint density at radius 1 is 1.32 bits per heavy atom. The molecule has 0 aliphatic rings. The Hall–Kier alpha value is -0.640. The van der Waals surface area contributed by atoms with Crippen LogP contribution in [0.3, 0.4) is 0 Å². The summed E-state index contributed by atoms with van der Waals surface area (Å²) < 4.78 is 61.2. The summed E-state index contributed by atoms with van der Waals surface area (Å²) in [5.74, 6) is 0. The maximum absolute atomic E-state index is 11.9. The summed E-state index contributed by atoms with van der Waals surface area (Å²) in [5, 5.41) is 10.2. The number of sulfonamides is 1. The number of alkyl halides is 3. The van der Waals surface area contributed by atoms with E-state index in [4.69, 9.17) is 5.11 Å². The Bertz CT molecular complexity index is 496. The first-order chi connectivity index (χ1) is 8.74. The van der Waals surface area contributed by atoms with Gasteiger partial charge in [-0.15, -0.1) is 11.3 Å². The monoisotopic (exact) mass is 317 g/mol. The van der Waals surface area contributed by atoms with E-state index in [-0.39, 0.29) is 30.9 Å². The van der Waals surface area contributed by atoms with Gasteiger partial charge in [-0.2, -0.15) is 13.2 Å². The van der Waals surface area contributed by atoms with Gasteiger partial charge in [0.25, 0.3) is 0 Å². The zero-order valence-corrected chi connectivity index (χ0v) is 11.5. The number of nitrogens with one attached hydrogen (secondary N) is 1. The van der Waals surface area contributed by atoms with Crippen LogP contribution in [-0.2, 0) is 16.6 Å². The van der Waals surface area contributed by atoms with Gasteiger partial charge in [-0.3, -0.25) is 0 Å². The molecule has 1 aromatic heterocycles. The molecule has 0 radical (unpaired) electrons. The average Bonchev–Trinajstić information content (AvgIpc) is 2.76. The second kappa shape index (κ2) is 6.69. The van der Waals surface area contributed by atoms with Gasteiger partial charge in [0.15, 0.2) is 0 Å². The quantitative estimate of drug-likeness (QED) is 0.758. The van der Waals surface area contributed by atoms with Gasteiger partial charge < -0.3 is 5.11 Å². The standard InChI is InChI=1S/C10H14F3NO3S2/c11-10(12,13)3-1-2-4-14-19(16,17)9-5-8(6-15)18-7-9/h5,7,14-15H,1-4,6H2. The minimum Gasteiger partial charge on any atom is -0.391 e. The Balaban J connectivity index is 2.39. The van der Waals surface area contributed by atoms with Gasteiger partial charge >= 0.3 is 6.18 Å². The maximum Gasteiger partial charge on any atom is 0.389 e. The molecule has 1 aromatic rings. The predicted octanol–water partition coefficient (Wildman–Crippen LogP) is 2.25. The third kappa shape index (κ3) is 5.89. The fraction of sp³-hybridized carbons (Fsp3) is 0.600. The highest BCUT2D eigenvalue weighted by Gasteiger charge is 2.26. The van der Waals surface area contributed by atoms with Crippen molar-refractivity contribution in [2.75, 3.05) is 6.54 Å². The lowest BCUT2D eigenvalue weighted by Crippen LogP contribution is -2.24. The Morgan fingerprint density at radius 2 is 2.00 bits per heavy atom. The molecule has 1 rings (SSSR count). The number of hydrogen-bond acceptors (Lipinski definition) is 4. The third-order valence-corrected chi connectivity index (χ3v) is 4.79. The maximum atomic E-state index is 11.9. The fourth-order valence-electron chi connectivity index (χ4n) is 1.32. The molecule has 0 unspecified atom stereocenters. The molecule has 0 amide bonds. The highest BCUT2D eigenvalue weighted by atomic mass is 32.2. The van der Waals surface area contributed by atoms with Crippen molar-refractivity contribution in [1.82, 2.24) is 4.72 Å². The van der Waals surface area contributed by atoms with Crippen molar-refractivity contribution in [2.24, 2.45) is 0 Å². The summed E-state index contributed by atoms with van der Waals surface area (Å²) in [6.07, 6.45) is -5.11. The molecular weight excluding hydrogens is 303 g/mol. The number of rotatable bonds is 7. The molecule has 0 aliphatic carbocycles. The van der Waals surface area contributed by atoms with Crippen molar-refractivity contribution in [3.63, 3.8) is 0 Å². The molecule has 0 saturated carbocycles. The van der Waals surface area contributed by atoms with Gasteiger partial charge in [-0.05, 0) is 18.9 Å². The molecule has 1 heterocycles. The lowest BCUT2D eigenvalue weighted by Gasteiger charge is -2.07. The van der Waals surface area contributed by atoms with Gasteiger partial charge in [-0.1, -0.05) is 0 Å². The van der Waals surface area contributed by atoms with E-state index in [9.17, 15) is 21.6 Å². The molecule has 0 aliphatic heterocycles. The largest absolute Gasteiger partial charge is 0.391 e. The van der Waals surface area contributed by atoms with E-state index >= 15 is 0 Å². The van der Waals surface area contributed by atoms with E-state index in [2.05, 4.69) is 4.72 Å². The molecule has 0 spiro atoms. The number of unbranched alkanes of at least 4 members (excludes halogenated alkanes) is 1. The number of aliphatic hydroxyl groups excluding tert-OH is 1. The van der Waals surface area contributed by atoms with Crippen LogP contribution in [0.15, 0.2) is 16.3 Å². The van der Waals surface area contributed by atoms with E-state index in [0.29, 0.717) is 4.88 Å². The molecular formula is C10H14F3NO3S2. The Morgan fingerprint density at radius 3 is 2.53 bits per heavy atom. The Kier molecular flexibility index (Phi) is 5.78. The number of thiophene rings is 1. The van der Waals surface area contributed by atoms with E-state index in [1.54, 1.807) is 0 Å². The van der Waals surface area contributed by atoms with Gasteiger partial charge in [-0.25, -0.2) is 13.1 Å². The average molecular weight is 317 g/mol. The molecule has 0 aromatic carbocycles. The van der Waals surface area contributed by atoms with Crippen molar-refractivity contribution in [2.45, 2.75) is 36.9 Å². The smallest absolute Gasteiger partial charge is 0.389 e. The molecule has 0 bridgehead atoms. The van der Waals surface area contributed by atoms with Crippen molar-refractivity contribution in [1.29, 1.82) is 0 Å². The van der Waals surface area contributed by atoms with Crippen LogP contribution >= 0.6 is 11.3 Å². The molecule has 19 heavy (non-hydrogen) atoms. The molecule has 9 heteroatoms. The fourth-order valence-corrected chi connectivity index (χ4v) is 3.53. The van der Waals surface area contributed by atoms with Gasteiger partial charge in [0.1, 0.15) is 0 Å². The van der Waals surface area contributed by atoms with Crippen LogP contribution in [0.25, 0.3) is 0 Å². The lowest BCUT2D eigenvalue weighted by atomic mass is 10.2. The SMILES string of the molecule is O=S(=O)(NCCCCC(F)(F)F)c1csc(CO)c1. The highest BCUT2D eigenvalue weighted by Crippen LogP contribution is 2.22. The van der Waals surface area contributed by atoms with Crippen LogP contribution in [0, 0.1) is 0 Å². The van der Waals surface area contributed by atoms with Crippen molar-refractivity contribution in [3.8, 4) is 0 Å². The van der Waals surface area contributed by atoms with Crippen LogP contribution in [0.4, 0.5) is 13.2 Å². The summed E-state index contributed by atoms with van der Waals surface area (Å²) in [4.78, 5) is 0.537. The van der Waals surface area contributed by atoms with E-state index in [1.165, 1.54) is 11.4 Å². The van der Waals surface area contributed by atoms with E-state index in [1.807, 2.05) is 0 Å². The number of hydrogen-bond donors (Lipinski definition) is 2. The van der Waals surface area contributed by atoms with Crippen molar-refractivity contribution in [3.05, 3.63) is 16.3 Å². The number of halogens is 3. The summed E-state index contributed by atoms with van der Waals surface area (Å²) in [6.45, 7) is -0.283. The van der Waals surface area contributed by atoms with Crippen LogP contribution < -0.4 is 4.72 Å². The van der Waals surface area contributed by atoms with Gasteiger partial charge in [0, 0.05) is 23.2 Å². The summed E-state index contributed by atoms with van der Waals surface area (Å²) >= 11 is 1.11. The minimum atomic E-state index is -4.21. The summed E-state index contributed by atoms with van der Waals surface area (Å²) in [6, 6.07) is 1.34. The van der Waals surface area contributed by atoms with Crippen molar-refractivity contribution < 1.29 is 26.7 Å². The van der Waals surface area contributed by atoms with Crippen LogP contribution in [0.2, 0.25) is 0 Å². The van der Waals surface area contributed by atoms with E-state index < -0.39 is 22.6 Å². The van der Waals surface area contributed by atoms with Gasteiger partial charge in [0.05, 0.1) is 11.5 Å². The normalized spacial score (nSPS) is 12.8. The molecule has 0 saturated heterocycles. The molecule has 4 nitrogen and oxygen atoms in total. The molecule has 0 atom stereocenters. The molecule has 0 fully saturated rings. The topological polar surface area (TPSA) is 66.4 Å². The Labute approximate surface area is 113 Å². The first kappa shape index (κ1) is 16.4. The van der Waals surface area contributed by atoms with E-state index in [0.717, 1.165) is 11.3 Å². The lowest BCUT2D eigenvalue weighted by molar-refractivity contribution is -0.135. The predicted molar refractivity (Wildman–Crippen MR) is 65.3 cm³/mol. The zero-order valence-electron chi connectivity index (χ0n) is 9.90. The van der Waals surface area contributed by atoms with Gasteiger partial charge in [0.2, 0.25) is 10.0 Å². The van der Waals surface area contributed by atoms with Crippen molar-refractivity contribution >= 4 is 21.4 Å². The third-order valence-electron chi connectivity index (χ3n) is 2.27. The summed E-state index contributed by atoms with van der Waals surface area (Å²) in [7, 11) is -3.70. The summed E-state index contributed by atoms with van der Waals surface area (Å²) in [5.41, 5.74) is 0. The highest BCUT2D eigenvalue weighted by molar-refractivity contribution is 7.89. The van der Waals surface area contributed by atoms with Crippen LogP contribution in [0.1, 0.15) is 24.1 Å². The molecule has 2 N–H and O–H groups in total. The van der Waals surface area contributed by atoms with Crippen LogP contribution in [0.5, 0.6) is 0 Å². The number of aliphatic hydroxyl groups is 1. The minimum absolute atomic E-state index is 0.0253. The zero-order chi connectivity index (χ0) is 14.5. The molecule has 110 valence electrons. The second-order valence-corrected chi connectivity index (χ2v) is 6.64. The second-order valence-electron chi connectivity index (χ2n) is 3.88. The van der Waals surface area contributed by atoms with Crippen LogP contribution in [-0.4, -0.2) is 26.2 Å².